The number of carbonyl (C=O) groups excluding carboxylic acids is 1. The van der Waals surface area contributed by atoms with Crippen LogP contribution in [-0.4, -0.2) is 28.0 Å². The van der Waals surface area contributed by atoms with E-state index in [1.165, 1.54) is 11.4 Å². The number of hydrogen-bond donors (Lipinski definition) is 1. The Bertz CT molecular complexity index is 1090. The largest absolute Gasteiger partial charge is 0.489 e. The van der Waals surface area contributed by atoms with E-state index in [0.29, 0.717) is 29.3 Å². The number of sulfonamides is 1. The minimum absolute atomic E-state index is 0.264. The molecule has 8 heteroatoms. The van der Waals surface area contributed by atoms with Crippen LogP contribution in [-0.2, 0) is 10.0 Å². The summed E-state index contributed by atoms with van der Waals surface area (Å²) in [5.41, 5.74) is 1.47. The standard InChI is InChI=1S/C21H20N2O4S2/c1-3-13-27-19-7-4-6-17(15-19)22-21(24)16-9-11-18(12-10-16)23(2)29(25,26)20-8-5-14-28-20/h3-12,14-15H,1,13H2,2H3,(H,22,24). The van der Waals surface area contributed by atoms with Gasteiger partial charge in [-0.05, 0) is 47.8 Å². The van der Waals surface area contributed by atoms with E-state index in [2.05, 4.69) is 11.9 Å². The Morgan fingerprint density at radius 1 is 1.17 bits per heavy atom. The molecule has 1 amide bonds. The average molecular weight is 429 g/mol. The molecule has 0 aliphatic carbocycles. The Balaban J connectivity index is 1.71. The predicted octanol–water partition coefficient (Wildman–Crippen LogP) is 4.39. The Morgan fingerprint density at radius 2 is 1.93 bits per heavy atom. The molecule has 0 spiro atoms. The average Bonchev–Trinajstić information content (AvgIpc) is 3.28. The highest BCUT2D eigenvalue weighted by Gasteiger charge is 2.22. The van der Waals surface area contributed by atoms with Crippen LogP contribution < -0.4 is 14.4 Å². The zero-order valence-corrected chi connectivity index (χ0v) is 17.4. The molecule has 0 fully saturated rings. The zero-order chi connectivity index (χ0) is 20.9. The van der Waals surface area contributed by atoms with Crippen LogP contribution in [0.2, 0.25) is 0 Å². The lowest BCUT2D eigenvalue weighted by molar-refractivity contribution is 0.102. The normalized spacial score (nSPS) is 10.9. The van der Waals surface area contributed by atoms with E-state index in [1.54, 1.807) is 72.1 Å². The number of anilines is 2. The number of rotatable bonds is 8. The van der Waals surface area contributed by atoms with Crippen LogP contribution in [0.3, 0.4) is 0 Å². The molecule has 6 nitrogen and oxygen atoms in total. The molecule has 0 radical (unpaired) electrons. The highest BCUT2D eigenvalue weighted by molar-refractivity contribution is 7.94. The molecule has 29 heavy (non-hydrogen) atoms. The van der Waals surface area contributed by atoms with E-state index in [9.17, 15) is 13.2 Å². The number of nitrogens with one attached hydrogen (secondary N) is 1. The van der Waals surface area contributed by atoms with Crippen molar-refractivity contribution in [1.29, 1.82) is 0 Å². The first-order chi connectivity index (χ1) is 13.9. The van der Waals surface area contributed by atoms with Crippen LogP contribution in [0.4, 0.5) is 11.4 Å². The molecule has 0 aliphatic rings. The van der Waals surface area contributed by atoms with Crippen LogP contribution in [0, 0.1) is 0 Å². The number of amides is 1. The maximum absolute atomic E-state index is 12.6. The van der Waals surface area contributed by atoms with Crippen molar-refractivity contribution in [2.24, 2.45) is 0 Å². The Hall–Kier alpha value is -3.10. The van der Waals surface area contributed by atoms with Crippen LogP contribution in [0.25, 0.3) is 0 Å². The van der Waals surface area contributed by atoms with Gasteiger partial charge in [0.05, 0.1) is 5.69 Å². The molecule has 3 rings (SSSR count). The van der Waals surface area contributed by atoms with Crippen LogP contribution in [0.5, 0.6) is 5.75 Å². The van der Waals surface area contributed by atoms with Crippen molar-refractivity contribution in [3.05, 3.63) is 84.3 Å². The van der Waals surface area contributed by atoms with Gasteiger partial charge in [0.15, 0.2) is 0 Å². The molecule has 150 valence electrons. The van der Waals surface area contributed by atoms with Crippen molar-refractivity contribution in [2.75, 3.05) is 23.3 Å². The van der Waals surface area contributed by atoms with Crippen LogP contribution in [0.1, 0.15) is 10.4 Å². The van der Waals surface area contributed by atoms with Gasteiger partial charge in [0.25, 0.3) is 15.9 Å². The first kappa shape index (κ1) is 20.6. The Labute approximate surface area is 174 Å². The van der Waals surface area contributed by atoms with Gasteiger partial charge in [-0.1, -0.05) is 24.8 Å². The fraction of sp³-hybridized carbons (Fsp3) is 0.0952. The molecule has 1 heterocycles. The third-order valence-electron chi connectivity index (χ3n) is 4.06. The molecule has 0 saturated carbocycles. The minimum atomic E-state index is -3.61. The summed E-state index contributed by atoms with van der Waals surface area (Å²) in [7, 11) is -2.13. The third kappa shape index (κ3) is 4.85. The lowest BCUT2D eigenvalue weighted by atomic mass is 10.2. The van der Waals surface area contributed by atoms with Gasteiger partial charge in [-0.15, -0.1) is 11.3 Å². The maximum Gasteiger partial charge on any atom is 0.273 e. The number of ether oxygens (including phenoxy) is 1. The first-order valence-corrected chi connectivity index (χ1v) is 11.0. The van der Waals surface area contributed by atoms with Crippen molar-refractivity contribution in [3.63, 3.8) is 0 Å². The molecular formula is C21H20N2O4S2. The minimum Gasteiger partial charge on any atom is -0.489 e. The maximum atomic E-state index is 12.6. The highest BCUT2D eigenvalue weighted by Crippen LogP contribution is 2.25. The summed E-state index contributed by atoms with van der Waals surface area (Å²) in [5, 5.41) is 4.52. The van der Waals surface area contributed by atoms with Gasteiger partial charge in [0, 0.05) is 24.4 Å². The third-order valence-corrected chi connectivity index (χ3v) is 7.22. The quantitative estimate of drug-likeness (QED) is 0.540. The van der Waals surface area contributed by atoms with Crippen molar-refractivity contribution < 1.29 is 17.9 Å². The smallest absolute Gasteiger partial charge is 0.273 e. The monoisotopic (exact) mass is 428 g/mol. The van der Waals surface area contributed by atoms with Gasteiger partial charge in [-0.2, -0.15) is 0 Å². The first-order valence-electron chi connectivity index (χ1n) is 8.69. The molecule has 2 aromatic carbocycles. The van der Waals surface area contributed by atoms with Crippen molar-refractivity contribution in [1.82, 2.24) is 0 Å². The summed E-state index contributed by atoms with van der Waals surface area (Å²) >= 11 is 1.16. The second-order valence-corrected chi connectivity index (χ2v) is 9.18. The van der Waals surface area contributed by atoms with Gasteiger partial charge >= 0.3 is 0 Å². The second-order valence-electron chi connectivity index (χ2n) is 6.03. The Kier molecular flexibility index (Phi) is 6.36. The van der Waals surface area contributed by atoms with Crippen molar-refractivity contribution >= 4 is 38.6 Å². The number of nitrogens with zero attached hydrogens (tertiary/aromatic N) is 1. The van der Waals surface area contributed by atoms with Crippen molar-refractivity contribution in [2.45, 2.75) is 4.21 Å². The van der Waals surface area contributed by atoms with Gasteiger partial charge in [-0.3, -0.25) is 9.10 Å². The molecule has 1 aromatic heterocycles. The number of hydrogen-bond acceptors (Lipinski definition) is 5. The Morgan fingerprint density at radius 3 is 2.59 bits per heavy atom. The second kappa shape index (κ2) is 8.93. The lowest BCUT2D eigenvalue weighted by Gasteiger charge is -2.18. The molecule has 0 aliphatic heterocycles. The van der Waals surface area contributed by atoms with Crippen LogP contribution in [0.15, 0.2) is 82.9 Å². The summed E-state index contributed by atoms with van der Waals surface area (Å²) in [6, 6.07) is 16.7. The van der Waals surface area contributed by atoms with Gasteiger partial charge in [0.1, 0.15) is 16.6 Å². The topological polar surface area (TPSA) is 75.7 Å². The van der Waals surface area contributed by atoms with Gasteiger partial charge < -0.3 is 10.1 Å². The van der Waals surface area contributed by atoms with Gasteiger partial charge in [0.2, 0.25) is 0 Å². The summed E-state index contributed by atoms with van der Waals surface area (Å²) < 4.78 is 32.1. The molecule has 0 unspecified atom stereocenters. The molecule has 0 atom stereocenters. The SMILES string of the molecule is C=CCOc1cccc(NC(=O)c2ccc(N(C)S(=O)(=O)c3cccs3)cc2)c1. The van der Waals surface area contributed by atoms with E-state index >= 15 is 0 Å². The number of thiophene rings is 1. The van der Waals surface area contributed by atoms with Crippen LogP contribution >= 0.6 is 11.3 Å². The van der Waals surface area contributed by atoms with E-state index in [-0.39, 0.29) is 10.1 Å². The molecule has 0 saturated heterocycles. The highest BCUT2D eigenvalue weighted by atomic mass is 32.2. The number of carbonyl (C=O) groups is 1. The predicted molar refractivity (Wildman–Crippen MR) is 116 cm³/mol. The van der Waals surface area contributed by atoms with E-state index in [4.69, 9.17) is 4.74 Å². The van der Waals surface area contributed by atoms with E-state index in [1.807, 2.05) is 0 Å². The molecule has 1 N–H and O–H groups in total. The molecular weight excluding hydrogens is 408 g/mol. The van der Waals surface area contributed by atoms with Gasteiger partial charge in [-0.25, -0.2) is 8.42 Å². The summed E-state index contributed by atoms with van der Waals surface area (Å²) in [6.07, 6.45) is 1.64. The van der Waals surface area contributed by atoms with Crippen molar-refractivity contribution in [3.8, 4) is 5.75 Å². The number of benzene rings is 2. The fourth-order valence-electron chi connectivity index (χ4n) is 2.53. The fourth-order valence-corrected chi connectivity index (χ4v) is 4.89. The van der Waals surface area contributed by atoms with E-state index in [0.717, 1.165) is 11.3 Å². The summed E-state index contributed by atoms with van der Waals surface area (Å²) in [4.78, 5) is 12.5. The van der Waals surface area contributed by atoms with E-state index < -0.39 is 10.0 Å². The molecule has 3 aromatic rings. The zero-order valence-electron chi connectivity index (χ0n) is 15.7. The lowest BCUT2D eigenvalue weighted by Crippen LogP contribution is -2.25. The summed E-state index contributed by atoms with van der Waals surface area (Å²) in [5.74, 6) is 0.319. The molecule has 0 bridgehead atoms. The summed E-state index contributed by atoms with van der Waals surface area (Å²) in [6.45, 7) is 3.98.